The Kier molecular flexibility index (Phi) is 3.62. The molecule has 1 aliphatic rings. The maximum Gasteiger partial charge on any atom is 0.224 e. The molecule has 0 aliphatic carbocycles. The molecule has 2 heterocycles. The van der Waals surface area contributed by atoms with Gasteiger partial charge >= 0.3 is 0 Å². The highest BCUT2D eigenvalue weighted by molar-refractivity contribution is 5.78. The number of piperidine rings is 1. The average molecular weight is 222 g/mol. The molecule has 1 unspecified atom stereocenters. The Balaban J connectivity index is 1.79. The van der Waals surface area contributed by atoms with Gasteiger partial charge in [-0.3, -0.25) is 4.79 Å². The van der Waals surface area contributed by atoms with Crippen LogP contribution in [0.15, 0.2) is 22.8 Å². The summed E-state index contributed by atoms with van der Waals surface area (Å²) in [7, 11) is 2.06. The monoisotopic (exact) mass is 222 g/mol. The van der Waals surface area contributed by atoms with Crippen molar-refractivity contribution in [3.05, 3.63) is 24.2 Å². The van der Waals surface area contributed by atoms with E-state index in [9.17, 15) is 4.79 Å². The number of hydrogen-bond donors (Lipinski definition) is 1. The molecule has 1 aromatic rings. The van der Waals surface area contributed by atoms with Crippen LogP contribution in [0.4, 0.5) is 0 Å². The first-order valence-electron chi connectivity index (χ1n) is 5.74. The summed E-state index contributed by atoms with van der Waals surface area (Å²) in [5.41, 5.74) is 0. The summed E-state index contributed by atoms with van der Waals surface area (Å²) in [6, 6.07) is 3.70. The lowest BCUT2D eigenvalue weighted by atomic mass is 9.98. The van der Waals surface area contributed by atoms with Gasteiger partial charge in [0.1, 0.15) is 5.76 Å². The molecule has 1 aromatic heterocycles. The number of likely N-dealkylation sites (tertiary alicyclic amines) is 1. The first-order valence-corrected chi connectivity index (χ1v) is 5.74. The van der Waals surface area contributed by atoms with E-state index in [4.69, 9.17) is 4.42 Å². The summed E-state index contributed by atoms with van der Waals surface area (Å²) < 4.78 is 5.17. The Bertz CT molecular complexity index is 335. The molecule has 0 saturated carbocycles. The number of furan rings is 1. The molecule has 1 atom stereocenters. The molecule has 0 aromatic carbocycles. The van der Waals surface area contributed by atoms with Gasteiger partial charge in [0.05, 0.1) is 18.7 Å². The van der Waals surface area contributed by atoms with Gasteiger partial charge in [-0.25, -0.2) is 0 Å². The molecule has 4 nitrogen and oxygen atoms in total. The molecule has 1 fully saturated rings. The van der Waals surface area contributed by atoms with Gasteiger partial charge in [0.25, 0.3) is 0 Å². The molecule has 0 bridgehead atoms. The zero-order valence-corrected chi connectivity index (χ0v) is 9.61. The van der Waals surface area contributed by atoms with Gasteiger partial charge in [0.2, 0.25) is 5.91 Å². The van der Waals surface area contributed by atoms with Crippen molar-refractivity contribution in [2.45, 2.75) is 19.4 Å². The van der Waals surface area contributed by atoms with Crippen molar-refractivity contribution < 1.29 is 9.21 Å². The van der Waals surface area contributed by atoms with Crippen molar-refractivity contribution in [2.75, 3.05) is 20.1 Å². The number of amides is 1. The lowest BCUT2D eigenvalue weighted by Gasteiger charge is -2.28. The van der Waals surface area contributed by atoms with Crippen LogP contribution in [0.25, 0.3) is 0 Å². The number of carbonyl (C=O) groups is 1. The van der Waals surface area contributed by atoms with E-state index in [2.05, 4.69) is 17.3 Å². The van der Waals surface area contributed by atoms with Crippen LogP contribution in [-0.4, -0.2) is 30.9 Å². The Morgan fingerprint density at radius 1 is 1.69 bits per heavy atom. The Morgan fingerprint density at radius 2 is 2.56 bits per heavy atom. The normalized spacial score (nSPS) is 21.9. The van der Waals surface area contributed by atoms with E-state index in [1.165, 1.54) is 0 Å². The number of rotatable bonds is 3. The summed E-state index contributed by atoms with van der Waals surface area (Å²) in [6.45, 7) is 2.46. The number of hydrogen-bond acceptors (Lipinski definition) is 3. The quantitative estimate of drug-likeness (QED) is 0.837. The summed E-state index contributed by atoms with van der Waals surface area (Å²) in [5.74, 6) is 1.08. The molecule has 0 radical (unpaired) electrons. The average Bonchev–Trinajstić information content (AvgIpc) is 2.78. The van der Waals surface area contributed by atoms with Gasteiger partial charge in [-0.2, -0.15) is 0 Å². The van der Waals surface area contributed by atoms with Gasteiger partial charge < -0.3 is 14.6 Å². The number of nitrogens with zero attached hydrogens (tertiary/aromatic N) is 1. The van der Waals surface area contributed by atoms with Gasteiger partial charge in [0.15, 0.2) is 0 Å². The first kappa shape index (κ1) is 11.2. The SMILES string of the molecule is CN1CCCC(C(=O)NCc2ccco2)C1. The highest BCUT2D eigenvalue weighted by atomic mass is 16.3. The maximum absolute atomic E-state index is 11.9. The Labute approximate surface area is 95.6 Å². The van der Waals surface area contributed by atoms with Crippen molar-refractivity contribution in [3.8, 4) is 0 Å². The summed E-state index contributed by atoms with van der Waals surface area (Å²) >= 11 is 0. The van der Waals surface area contributed by atoms with Gasteiger partial charge in [-0.05, 0) is 38.6 Å². The topological polar surface area (TPSA) is 45.5 Å². The maximum atomic E-state index is 11.9. The lowest BCUT2D eigenvalue weighted by Crippen LogP contribution is -2.41. The van der Waals surface area contributed by atoms with E-state index < -0.39 is 0 Å². The summed E-state index contributed by atoms with van der Waals surface area (Å²) in [6.07, 6.45) is 3.72. The van der Waals surface area contributed by atoms with Crippen molar-refractivity contribution in [3.63, 3.8) is 0 Å². The molecule has 4 heteroatoms. The van der Waals surface area contributed by atoms with E-state index >= 15 is 0 Å². The minimum absolute atomic E-state index is 0.133. The van der Waals surface area contributed by atoms with Crippen LogP contribution < -0.4 is 5.32 Å². The highest BCUT2D eigenvalue weighted by Gasteiger charge is 2.23. The van der Waals surface area contributed by atoms with Gasteiger partial charge in [0, 0.05) is 6.54 Å². The predicted octanol–water partition coefficient (Wildman–Crippen LogP) is 1.24. The van der Waals surface area contributed by atoms with Crippen LogP contribution in [0, 0.1) is 5.92 Å². The minimum Gasteiger partial charge on any atom is -0.467 e. The molecule has 1 N–H and O–H groups in total. The van der Waals surface area contributed by atoms with E-state index in [1.54, 1.807) is 6.26 Å². The molecule has 88 valence electrons. The molecule has 1 saturated heterocycles. The van der Waals surface area contributed by atoms with Crippen molar-refractivity contribution in [2.24, 2.45) is 5.92 Å². The lowest BCUT2D eigenvalue weighted by molar-refractivity contribution is -0.126. The fourth-order valence-corrected chi connectivity index (χ4v) is 2.11. The summed E-state index contributed by atoms with van der Waals surface area (Å²) in [5, 5.41) is 2.92. The highest BCUT2D eigenvalue weighted by Crippen LogP contribution is 2.15. The van der Waals surface area contributed by atoms with Crippen LogP contribution in [-0.2, 0) is 11.3 Å². The smallest absolute Gasteiger partial charge is 0.224 e. The van der Waals surface area contributed by atoms with Crippen molar-refractivity contribution >= 4 is 5.91 Å². The van der Waals surface area contributed by atoms with Crippen LogP contribution in [0.3, 0.4) is 0 Å². The van der Waals surface area contributed by atoms with Gasteiger partial charge in [-0.1, -0.05) is 0 Å². The van der Waals surface area contributed by atoms with Crippen LogP contribution in [0.5, 0.6) is 0 Å². The fraction of sp³-hybridized carbons (Fsp3) is 0.583. The molecular formula is C12H18N2O2. The molecule has 1 amide bonds. The standard InChI is InChI=1S/C12H18N2O2/c1-14-6-2-4-10(9-14)12(15)13-8-11-5-3-7-16-11/h3,5,7,10H,2,4,6,8-9H2,1H3,(H,13,15). The third-order valence-electron chi connectivity index (χ3n) is 3.01. The Morgan fingerprint density at radius 3 is 3.25 bits per heavy atom. The van der Waals surface area contributed by atoms with Crippen LogP contribution in [0.1, 0.15) is 18.6 Å². The van der Waals surface area contributed by atoms with Crippen LogP contribution in [0.2, 0.25) is 0 Å². The van der Waals surface area contributed by atoms with E-state index in [0.29, 0.717) is 6.54 Å². The molecule has 1 aliphatic heterocycles. The molecule has 16 heavy (non-hydrogen) atoms. The third-order valence-corrected chi connectivity index (χ3v) is 3.01. The van der Waals surface area contributed by atoms with Gasteiger partial charge in [-0.15, -0.1) is 0 Å². The van der Waals surface area contributed by atoms with Crippen molar-refractivity contribution in [1.82, 2.24) is 10.2 Å². The minimum atomic E-state index is 0.133. The zero-order chi connectivity index (χ0) is 11.4. The predicted molar refractivity (Wildman–Crippen MR) is 60.8 cm³/mol. The fourth-order valence-electron chi connectivity index (χ4n) is 2.11. The van der Waals surface area contributed by atoms with Crippen molar-refractivity contribution in [1.29, 1.82) is 0 Å². The first-order chi connectivity index (χ1) is 7.75. The molecule has 0 spiro atoms. The second-order valence-corrected chi connectivity index (χ2v) is 4.40. The van der Waals surface area contributed by atoms with Crippen LogP contribution >= 0.6 is 0 Å². The second kappa shape index (κ2) is 5.16. The second-order valence-electron chi connectivity index (χ2n) is 4.40. The molecular weight excluding hydrogens is 204 g/mol. The number of nitrogens with one attached hydrogen (secondary N) is 1. The zero-order valence-electron chi connectivity index (χ0n) is 9.61. The Hall–Kier alpha value is -1.29. The molecule has 2 rings (SSSR count). The van der Waals surface area contributed by atoms with E-state index in [1.807, 2.05) is 12.1 Å². The van der Waals surface area contributed by atoms with E-state index in [0.717, 1.165) is 31.7 Å². The third kappa shape index (κ3) is 2.85. The largest absolute Gasteiger partial charge is 0.467 e. The summed E-state index contributed by atoms with van der Waals surface area (Å²) in [4.78, 5) is 14.1. The number of carbonyl (C=O) groups excluding carboxylic acids is 1. The van der Waals surface area contributed by atoms with E-state index in [-0.39, 0.29) is 11.8 Å².